The van der Waals surface area contributed by atoms with Crippen molar-refractivity contribution in [3.05, 3.63) is 29.2 Å². The van der Waals surface area contributed by atoms with E-state index in [1.165, 1.54) is 6.07 Å². The maximum absolute atomic E-state index is 13.7. The molecule has 2 aromatic heterocycles. The van der Waals surface area contributed by atoms with Gasteiger partial charge in [-0.3, -0.25) is 4.79 Å². The van der Waals surface area contributed by atoms with Crippen molar-refractivity contribution >= 4 is 11.6 Å². The highest BCUT2D eigenvalue weighted by atomic mass is 19.4. The van der Waals surface area contributed by atoms with Crippen LogP contribution in [0.25, 0.3) is 5.65 Å². The SMILES string of the molecule is CC1(C)CCCCN1C(=O)c1cc2nc(C3CCCC3)cc(C(F)(F)F)n2n1. The Labute approximate surface area is 161 Å². The van der Waals surface area contributed by atoms with Gasteiger partial charge in [0.05, 0.1) is 0 Å². The van der Waals surface area contributed by atoms with E-state index >= 15 is 0 Å². The summed E-state index contributed by atoms with van der Waals surface area (Å²) in [7, 11) is 0. The molecule has 0 spiro atoms. The van der Waals surface area contributed by atoms with E-state index in [4.69, 9.17) is 0 Å². The Morgan fingerprint density at radius 1 is 1.14 bits per heavy atom. The molecule has 1 aliphatic heterocycles. The summed E-state index contributed by atoms with van der Waals surface area (Å²) in [5, 5.41) is 4.03. The van der Waals surface area contributed by atoms with E-state index in [-0.39, 0.29) is 28.7 Å². The number of halogens is 3. The number of carbonyl (C=O) groups is 1. The fraction of sp³-hybridized carbons (Fsp3) is 0.650. The van der Waals surface area contributed by atoms with Gasteiger partial charge in [0.1, 0.15) is 5.69 Å². The Hall–Kier alpha value is -2.12. The molecule has 28 heavy (non-hydrogen) atoms. The minimum Gasteiger partial charge on any atom is -0.332 e. The maximum atomic E-state index is 13.7. The third-order valence-electron chi connectivity index (χ3n) is 6.13. The average Bonchev–Trinajstić information content (AvgIpc) is 3.28. The standard InChI is InChI=1S/C20H25F3N4O/c1-19(2)9-5-6-10-26(19)18(28)15-12-17-24-14(13-7-3-4-8-13)11-16(20(21,22)23)27(17)25-15/h11-13H,3-10H2,1-2H3. The van der Waals surface area contributed by atoms with Gasteiger partial charge in [0.15, 0.2) is 11.3 Å². The van der Waals surface area contributed by atoms with Crippen LogP contribution in [0.5, 0.6) is 0 Å². The summed E-state index contributed by atoms with van der Waals surface area (Å²) in [5.74, 6) is -0.285. The molecule has 0 aromatic carbocycles. The van der Waals surface area contributed by atoms with Crippen LogP contribution in [0, 0.1) is 0 Å². The van der Waals surface area contributed by atoms with Gasteiger partial charge in [0.2, 0.25) is 0 Å². The molecule has 2 aliphatic rings. The minimum absolute atomic E-state index is 0.0246. The molecule has 0 N–H and O–H groups in total. The number of rotatable bonds is 2. The van der Waals surface area contributed by atoms with Crippen molar-refractivity contribution in [1.29, 1.82) is 0 Å². The fourth-order valence-corrected chi connectivity index (χ4v) is 4.51. The molecular weight excluding hydrogens is 369 g/mol. The third kappa shape index (κ3) is 3.37. The van der Waals surface area contributed by atoms with Crippen molar-refractivity contribution in [2.24, 2.45) is 0 Å². The van der Waals surface area contributed by atoms with Crippen molar-refractivity contribution in [2.75, 3.05) is 6.54 Å². The van der Waals surface area contributed by atoms with Crippen molar-refractivity contribution < 1.29 is 18.0 Å². The molecule has 5 nitrogen and oxygen atoms in total. The molecule has 0 atom stereocenters. The third-order valence-corrected chi connectivity index (χ3v) is 6.13. The largest absolute Gasteiger partial charge is 0.433 e. The lowest BCUT2D eigenvalue weighted by molar-refractivity contribution is -0.142. The van der Waals surface area contributed by atoms with Gasteiger partial charge < -0.3 is 4.90 Å². The zero-order chi connectivity index (χ0) is 20.1. The summed E-state index contributed by atoms with van der Waals surface area (Å²) in [6, 6.07) is 2.51. The topological polar surface area (TPSA) is 50.5 Å². The predicted molar refractivity (Wildman–Crippen MR) is 98.2 cm³/mol. The molecule has 152 valence electrons. The molecule has 0 bridgehead atoms. The smallest absolute Gasteiger partial charge is 0.332 e. The lowest BCUT2D eigenvalue weighted by Gasteiger charge is -2.42. The van der Waals surface area contributed by atoms with E-state index in [0.29, 0.717) is 12.2 Å². The fourth-order valence-electron chi connectivity index (χ4n) is 4.51. The monoisotopic (exact) mass is 394 g/mol. The van der Waals surface area contributed by atoms with Gasteiger partial charge in [-0.2, -0.15) is 18.3 Å². The van der Waals surface area contributed by atoms with Crippen LogP contribution in [-0.4, -0.2) is 37.5 Å². The molecule has 2 fully saturated rings. The zero-order valence-corrected chi connectivity index (χ0v) is 16.2. The molecule has 1 saturated heterocycles. The summed E-state index contributed by atoms with van der Waals surface area (Å²) in [6.45, 7) is 4.56. The van der Waals surface area contributed by atoms with E-state index in [2.05, 4.69) is 10.1 Å². The van der Waals surface area contributed by atoms with Crippen LogP contribution in [0.1, 0.15) is 86.6 Å². The number of hydrogen-bond acceptors (Lipinski definition) is 3. The highest BCUT2D eigenvalue weighted by Gasteiger charge is 2.38. The summed E-state index contributed by atoms with van der Waals surface area (Å²) in [6.07, 6.45) is 1.94. The van der Waals surface area contributed by atoms with Crippen LogP contribution in [0.4, 0.5) is 13.2 Å². The first-order valence-electron chi connectivity index (χ1n) is 9.97. The lowest BCUT2D eigenvalue weighted by atomic mass is 9.90. The van der Waals surface area contributed by atoms with E-state index in [9.17, 15) is 18.0 Å². The lowest BCUT2D eigenvalue weighted by Crippen LogP contribution is -2.50. The van der Waals surface area contributed by atoms with Gasteiger partial charge in [-0.05, 0) is 52.0 Å². The molecule has 1 saturated carbocycles. The van der Waals surface area contributed by atoms with Crippen LogP contribution in [0.2, 0.25) is 0 Å². The first kappa shape index (κ1) is 19.2. The molecule has 3 heterocycles. The first-order chi connectivity index (χ1) is 13.2. The Bertz CT molecular complexity index is 897. The number of carbonyl (C=O) groups excluding carboxylic acids is 1. The van der Waals surface area contributed by atoms with Gasteiger partial charge in [-0.25, -0.2) is 9.50 Å². The maximum Gasteiger partial charge on any atom is 0.433 e. The van der Waals surface area contributed by atoms with Gasteiger partial charge in [-0.15, -0.1) is 0 Å². The normalized spacial score (nSPS) is 20.8. The molecule has 0 unspecified atom stereocenters. The van der Waals surface area contributed by atoms with Crippen LogP contribution in [0.3, 0.4) is 0 Å². The Morgan fingerprint density at radius 3 is 2.50 bits per heavy atom. The van der Waals surface area contributed by atoms with Crippen LogP contribution < -0.4 is 0 Å². The summed E-state index contributed by atoms with van der Waals surface area (Å²) in [5.41, 5.74) is -0.627. The summed E-state index contributed by atoms with van der Waals surface area (Å²) >= 11 is 0. The van der Waals surface area contributed by atoms with Crippen LogP contribution in [-0.2, 0) is 6.18 Å². The number of fused-ring (bicyclic) bond motifs is 1. The van der Waals surface area contributed by atoms with Gasteiger partial charge in [0.25, 0.3) is 5.91 Å². The van der Waals surface area contributed by atoms with E-state index in [1.54, 1.807) is 4.90 Å². The second-order valence-corrected chi connectivity index (χ2v) is 8.57. The highest BCUT2D eigenvalue weighted by molar-refractivity contribution is 5.94. The number of aromatic nitrogens is 3. The molecule has 8 heteroatoms. The van der Waals surface area contributed by atoms with Crippen molar-refractivity contribution in [1.82, 2.24) is 19.5 Å². The van der Waals surface area contributed by atoms with Gasteiger partial charge in [-0.1, -0.05) is 12.8 Å². The quantitative estimate of drug-likeness (QED) is 0.734. The van der Waals surface area contributed by atoms with E-state index < -0.39 is 11.9 Å². The molecule has 1 amide bonds. The summed E-state index contributed by atoms with van der Waals surface area (Å²) < 4.78 is 41.8. The Kier molecular flexibility index (Phi) is 4.62. The van der Waals surface area contributed by atoms with Crippen molar-refractivity contribution in [3.63, 3.8) is 0 Å². The van der Waals surface area contributed by atoms with E-state index in [0.717, 1.165) is 55.5 Å². The van der Waals surface area contributed by atoms with E-state index in [1.807, 2.05) is 13.8 Å². The molecule has 2 aromatic rings. The van der Waals surface area contributed by atoms with Gasteiger partial charge >= 0.3 is 6.18 Å². The molecular formula is C20H25F3N4O. The minimum atomic E-state index is -4.56. The zero-order valence-electron chi connectivity index (χ0n) is 16.2. The first-order valence-corrected chi connectivity index (χ1v) is 9.97. The molecule has 1 aliphatic carbocycles. The summed E-state index contributed by atoms with van der Waals surface area (Å²) in [4.78, 5) is 19.2. The number of likely N-dealkylation sites (tertiary alicyclic amines) is 1. The second kappa shape index (κ2) is 6.74. The van der Waals surface area contributed by atoms with Crippen LogP contribution in [0.15, 0.2) is 12.1 Å². The number of hydrogen-bond donors (Lipinski definition) is 0. The van der Waals surface area contributed by atoms with Gasteiger partial charge in [0, 0.05) is 29.8 Å². The number of amides is 1. The van der Waals surface area contributed by atoms with Crippen LogP contribution >= 0.6 is 0 Å². The Balaban J connectivity index is 1.78. The predicted octanol–water partition coefficient (Wildman–Crippen LogP) is 4.81. The number of alkyl halides is 3. The molecule has 4 rings (SSSR count). The Morgan fingerprint density at radius 2 is 1.86 bits per heavy atom. The molecule has 0 radical (unpaired) electrons. The van der Waals surface area contributed by atoms with Crippen molar-refractivity contribution in [2.45, 2.75) is 76.4 Å². The second-order valence-electron chi connectivity index (χ2n) is 8.57. The highest BCUT2D eigenvalue weighted by Crippen LogP contribution is 2.37. The number of piperidine rings is 1. The number of nitrogens with zero attached hydrogens (tertiary/aromatic N) is 4. The van der Waals surface area contributed by atoms with Crippen molar-refractivity contribution in [3.8, 4) is 0 Å². The average molecular weight is 394 g/mol.